The molecule has 1 amide bonds. The Morgan fingerprint density at radius 1 is 0.812 bits per heavy atom. The molecule has 0 spiro atoms. The van der Waals surface area contributed by atoms with Crippen LogP contribution in [0.5, 0.6) is 0 Å². The van der Waals surface area contributed by atoms with Gasteiger partial charge in [0, 0.05) is 16.8 Å². The van der Waals surface area contributed by atoms with Crippen LogP contribution in [0.4, 0.5) is 5.69 Å². The molecule has 4 heteroatoms. The van der Waals surface area contributed by atoms with E-state index in [1.807, 2.05) is 73.7 Å². The summed E-state index contributed by atoms with van der Waals surface area (Å²) in [5, 5.41) is 0. The van der Waals surface area contributed by atoms with Gasteiger partial charge in [0.1, 0.15) is 5.52 Å². The molecule has 6 rings (SSSR count). The van der Waals surface area contributed by atoms with E-state index in [4.69, 9.17) is 9.40 Å². The number of nitrogens with zero attached hydrogens (tertiary/aromatic N) is 2. The summed E-state index contributed by atoms with van der Waals surface area (Å²) in [6, 6.07) is 30.2. The first kappa shape index (κ1) is 18.6. The summed E-state index contributed by atoms with van der Waals surface area (Å²) < 4.78 is 6.12. The molecule has 0 radical (unpaired) electrons. The van der Waals surface area contributed by atoms with E-state index in [-0.39, 0.29) is 5.91 Å². The van der Waals surface area contributed by atoms with Gasteiger partial charge in [-0.05, 0) is 59.5 Å². The minimum atomic E-state index is 0.0274. The number of anilines is 1. The third-order valence-corrected chi connectivity index (χ3v) is 6.03. The van der Waals surface area contributed by atoms with Gasteiger partial charge in [0.05, 0.1) is 6.54 Å². The molecule has 4 nitrogen and oxygen atoms in total. The van der Waals surface area contributed by atoms with Crippen molar-refractivity contribution in [1.82, 2.24) is 4.98 Å². The number of oxazole rings is 1. The molecular formula is C28H20N2O2. The molecule has 2 heterocycles. The van der Waals surface area contributed by atoms with E-state index in [1.165, 1.54) is 5.56 Å². The quantitative estimate of drug-likeness (QED) is 0.332. The average molecular weight is 416 g/mol. The molecule has 32 heavy (non-hydrogen) atoms. The predicted molar refractivity (Wildman–Crippen MR) is 127 cm³/mol. The highest BCUT2D eigenvalue weighted by atomic mass is 16.3. The molecule has 1 aliphatic heterocycles. The number of carbonyl (C=O) groups excluding carboxylic acids is 1. The minimum absolute atomic E-state index is 0.0274. The largest absolute Gasteiger partial charge is 0.436 e. The topological polar surface area (TPSA) is 46.3 Å². The highest BCUT2D eigenvalue weighted by molar-refractivity contribution is 6.10. The normalized spacial score (nSPS) is 13.0. The number of aromatic nitrogens is 1. The summed E-state index contributed by atoms with van der Waals surface area (Å²) >= 11 is 0. The Balaban J connectivity index is 1.35. The third kappa shape index (κ3) is 3.00. The van der Waals surface area contributed by atoms with Gasteiger partial charge in [-0.3, -0.25) is 4.79 Å². The van der Waals surface area contributed by atoms with Crippen LogP contribution in [0, 0.1) is 6.92 Å². The lowest BCUT2D eigenvalue weighted by molar-refractivity contribution is 0.0996. The Labute approximate surface area is 185 Å². The van der Waals surface area contributed by atoms with Gasteiger partial charge in [-0.1, -0.05) is 60.7 Å². The van der Waals surface area contributed by atoms with Gasteiger partial charge in [0.25, 0.3) is 5.91 Å². The number of rotatable bonds is 3. The highest BCUT2D eigenvalue weighted by Crippen LogP contribution is 2.34. The number of benzene rings is 4. The smallest absolute Gasteiger partial charge is 0.258 e. The van der Waals surface area contributed by atoms with E-state index in [0.717, 1.165) is 44.6 Å². The second-order valence-corrected chi connectivity index (χ2v) is 8.12. The molecule has 154 valence electrons. The maximum absolute atomic E-state index is 12.9. The standard InChI is InChI=1S/C28H20N2O2/c1-18-15-23(30-17-22-9-5-6-10-24(22)28(30)31)16-25-26(18)32-27(29-25)21-13-11-20(12-14-21)19-7-3-2-4-8-19/h2-16H,17H2,1H3. The molecule has 5 aromatic rings. The molecule has 0 fully saturated rings. The number of aryl methyl sites for hydroxylation is 1. The molecule has 1 aromatic heterocycles. The van der Waals surface area contributed by atoms with Crippen molar-refractivity contribution >= 4 is 22.7 Å². The van der Waals surface area contributed by atoms with Gasteiger partial charge < -0.3 is 9.32 Å². The Morgan fingerprint density at radius 3 is 2.28 bits per heavy atom. The summed E-state index contributed by atoms with van der Waals surface area (Å²) in [4.78, 5) is 19.5. The van der Waals surface area contributed by atoms with E-state index < -0.39 is 0 Å². The van der Waals surface area contributed by atoms with Crippen molar-refractivity contribution in [3.63, 3.8) is 0 Å². The van der Waals surface area contributed by atoms with E-state index in [0.29, 0.717) is 12.4 Å². The van der Waals surface area contributed by atoms with Crippen molar-refractivity contribution in [3.8, 4) is 22.6 Å². The van der Waals surface area contributed by atoms with Crippen molar-refractivity contribution in [2.45, 2.75) is 13.5 Å². The summed E-state index contributed by atoms with van der Waals surface area (Å²) in [5.74, 6) is 0.607. The van der Waals surface area contributed by atoms with Crippen LogP contribution < -0.4 is 4.90 Å². The third-order valence-electron chi connectivity index (χ3n) is 6.03. The van der Waals surface area contributed by atoms with Gasteiger partial charge in [0.15, 0.2) is 5.58 Å². The van der Waals surface area contributed by atoms with Crippen molar-refractivity contribution < 1.29 is 9.21 Å². The first-order chi connectivity index (χ1) is 15.7. The molecule has 1 aliphatic rings. The number of hydrogen-bond donors (Lipinski definition) is 0. The summed E-state index contributed by atoms with van der Waals surface area (Å²) in [5.41, 5.74) is 8.37. The number of amides is 1. The van der Waals surface area contributed by atoms with Crippen LogP contribution >= 0.6 is 0 Å². The lowest BCUT2D eigenvalue weighted by Gasteiger charge is -2.16. The fourth-order valence-corrected chi connectivity index (χ4v) is 4.36. The summed E-state index contributed by atoms with van der Waals surface area (Å²) in [6.07, 6.45) is 0. The molecule has 0 N–H and O–H groups in total. The van der Waals surface area contributed by atoms with Gasteiger partial charge in [-0.25, -0.2) is 4.98 Å². The van der Waals surface area contributed by atoms with Crippen LogP contribution in [0.1, 0.15) is 21.5 Å². The fraction of sp³-hybridized carbons (Fsp3) is 0.0714. The first-order valence-electron chi connectivity index (χ1n) is 10.6. The lowest BCUT2D eigenvalue weighted by Crippen LogP contribution is -2.23. The molecule has 0 atom stereocenters. The molecule has 0 saturated carbocycles. The van der Waals surface area contributed by atoms with E-state index in [2.05, 4.69) is 24.3 Å². The zero-order valence-electron chi connectivity index (χ0n) is 17.6. The Bertz CT molecular complexity index is 1470. The molecule has 0 aliphatic carbocycles. The summed E-state index contributed by atoms with van der Waals surface area (Å²) in [7, 11) is 0. The Kier molecular flexibility index (Phi) is 4.18. The molecule has 4 aromatic carbocycles. The van der Waals surface area contributed by atoms with Crippen LogP contribution in [-0.2, 0) is 6.54 Å². The molecule has 0 unspecified atom stereocenters. The fourth-order valence-electron chi connectivity index (χ4n) is 4.36. The van der Waals surface area contributed by atoms with Gasteiger partial charge in [0.2, 0.25) is 5.89 Å². The van der Waals surface area contributed by atoms with Crippen LogP contribution in [-0.4, -0.2) is 10.9 Å². The van der Waals surface area contributed by atoms with Crippen molar-refractivity contribution in [1.29, 1.82) is 0 Å². The molecular weight excluding hydrogens is 396 g/mol. The second-order valence-electron chi connectivity index (χ2n) is 8.12. The maximum atomic E-state index is 12.9. The van der Waals surface area contributed by atoms with Crippen molar-refractivity contribution in [3.05, 3.63) is 108 Å². The monoisotopic (exact) mass is 416 g/mol. The number of hydrogen-bond acceptors (Lipinski definition) is 3. The zero-order chi connectivity index (χ0) is 21.7. The van der Waals surface area contributed by atoms with Crippen LogP contribution in [0.2, 0.25) is 0 Å². The Morgan fingerprint density at radius 2 is 1.50 bits per heavy atom. The second kappa shape index (κ2) is 7.20. The predicted octanol–water partition coefficient (Wildman–Crippen LogP) is 6.63. The van der Waals surface area contributed by atoms with E-state index in [1.54, 1.807) is 4.90 Å². The van der Waals surface area contributed by atoms with Crippen LogP contribution in [0.3, 0.4) is 0 Å². The van der Waals surface area contributed by atoms with E-state index >= 15 is 0 Å². The number of carbonyl (C=O) groups is 1. The van der Waals surface area contributed by atoms with Gasteiger partial charge in [-0.15, -0.1) is 0 Å². The Hall–Kier alpha value is -4.18. The first-order valence-corrected chi connectivity index (χ1v) is 10.6. The lowest BCUT2D eigenvalue weighted by atomic mass is 10.0. The molecule has 0 saturated heterocycles. The van der Waals surface area contributed by atoms with Gasteiger partial charge in [-0.2, -0.15) is 0 Å². The summed E-state index contributed by atoms with van der Waals surface area (Å²) in [6.45, 7) is 2.57. The number of fused-ring (bicyclic) bond motifs is 2. The zero-order valence-corrected chi connectivity index (χ0v) is 17.6. The average Bonchev–Trinajstić information content (AvgIpc) is 3.42. The molecule has 0 bridgehead atoms. The van der Waals surface area contributed by atoms with Gasteiger partial charge >= 0.3 is 0 Å². The van der Waals surface area contributed by atoms with Crippen LogP contribution in [0.25, 0.3) is 33.7 Å². The van der Waals surface area contributed by atoms with Crippen molar-refractivity contribution in [2.24, 2.45) is 0 Å². The maximum Gasteiger partial charge on any atom is 0.258 e. The van der Waals surface area contributed by atoms with Crippen molar-refractivity contribution in [2.75, 3.05) is 4.90 Å². The highest BCUT2D eigenvalue weighted by Gasteiger charge is 2.28. The van der Waals surface area contributed by atoms with E-state index in [9.17, 15) is 4.79 Å². The SMILES string of the molecule is Cc1cc(N2Cc3ccccc3C2=O)cc2nc(-c3ccc(-c4ccccc4)cc3)oc12. The minimum Gasteiger partial charge on any atom is -0.436 e. The van der Waals surface area contributed by atoms with Crippen LogP contribution in [0.15, 0.2) is 95.4 Å².